The van der Waals surface area contributed by atoms with Crippen molar-refractivity contribution in [2.75, 3.05) is 6.54 Å². The van der Waals surface area contributed by atoms with Gasteiger partial charge in [0.1, 0.15) is 12.2 Å². The quantitative estimate of drug-likeness (QED) is 0.446. The van der Waals surface area contributed by atoms with Gasteiger partial charge in [-0.25, -0.2) is 4.98 Å². The van der Waals surface area contributed by atoms with Crippen LogP contribution in [0, 0.1) is 10.1 Å². The van der Waals surface area contributed by atoms with Crippen molar-refractivity contribution in [3.8, 4) is 0 Å². The third kappa shape index (κ3) is 4.14. The Morgan fingerprint density at radius 2 is 2.32 bits per heavy atom. The van der Waals surface area contributed by atoms with Gasteiger partial charge in [0, 0.05) is 25.1 Å². The summed E-state index contributed by atoms with van der Waals surface area (Å²) in [6, 6.07) is 6.65. The first-order valence-corrected chi connectivity index (χ1v) is 6.04. The molecule has 0 saturated carbocycles. The SMILES string of the molecule is O=[N+]([O-])c1cccc(CNCCCc2ncn[nH]2)c1. The molecule has 0 unspecified atom stereocenters. The highest BCUT2D eigenvalue weighted by Crippen LogP contribution is 2.12. The molecule has 1 aromatic heterocycles. The number of rotatable bonds is 7. The van der Waals surface area contributed by atoms with Crippen molar-refractivity contribution in [3.05, 3.63) is 52.1 Å². The molecule has 0 saturated heterocycles. The minimum absolute atomic E-state index is 0.126. The topological polar surface area (TPSA) is 96.7 Å². The smallest absolute Gasteiger partial charge is 0.269 e. The summed E-state index contributed by atoms with van der Waals surface area (Å²) in [5.41, 5.74) is 1.04. The minimum atomic E-state index is -0.382. The summed E-state index contributed by atoms with van der Waals surface area (Å²) in [7, 11) is 0. The number of aromatic nitrogens is 3. The number of non-ortho nitro benzene ring substituents is 1. The van der Waals surface area contributed by atoms with Gasteiger partial charge in [-0.1, -0.05) is 12.1 Å². The first-order valence-electron chi connectivity index (χ1n) is 6.04. The summed E-state index contributed by atoms with van der Waals surface area (Å²) in [6.07, 6.45) is 3.26. The molecule has 0 amide bonds. The van der Waals surface area contributed by atoms with Crippen molar-refractivity contribution < 1.29 is 4.92 Å². The minimum Gasteiger partial charge on any atom is -0.313 e. The maximum Gasteiger partial charge on any atom is 0.269 e. The zero-order valence-corrected chi connectivity index (χ0v) is 10.4. The van der Waals surface area contributed by atoms with E-state index in [1.54, 1.807) is 12.1 Å². The second-order valence-electron chi connectivity index (χ2n) is 4.14. The Bertz CT molecular complexity index is 527. The highest BCUT2D eigenvalue weighted by atomic mass is 16.6. The molecule has 0 fully saturated rings. The van der Waals surface area contributed by atoms with Crippen LogP contribution in [-0.4, -0.2) is 26.6 Å². The van der Waals surface area contributed by atoms with Crippen LogP contribution in [0.4, 0.5) is 5.69 Å². The normalized spacial score (nSPS) is 10.5. The van der Waals surface area contributed by atoms with E-state index in [2.05, 4.69) is 20.5 Å². The Morgan fingerprint density at radius 3 is 3.05 bits per heavy atom. The van der Waals surface area contributed by atoms with Crippen LogP contribution in [-0.2, 0) is 13.0 Å². The highest BCUT2D eigenvalue weighted by Gasteiger charge is 2.04. The molecule has 100 valence electrons. The van der Waals surface area contributed by atoms with Gasteiger partial charge in [0.15, 0.2) is 0 Å². The molecule has 2 rings (SSSR count). The lowest BCUT2D eigenvalue weighted by atomic mass is 10.2. The molecule has 0 atom stereocenters. The Balaban J connectivity index is 1.70. The van der Waals surface area contributed by atoms with Crippen LogP contribution in [0.3, 0.4) is 0 Å². The van der Waals surface area contributed by atoms with Gasteiger partial charge in [-0.2, -0.15) is 5.10 Å². The lowest BCUT2D eigenvalue weighted by Crippen LogP contribution is -2.15. The van der Waals surface area contributed by atoms with Gasteiger partial charge in [-0.3, -0.25) is 15.2 Å². The van der Waals surface area contributed by atoms with Gasteiger partial charge in [0.2, 0.25) is 0 Å². The van der Waals surface area contributed by atoms with Crippen molar-refractivity contribution in [2.45, 2.75) is 19.4 Å². The van der Waals surface area contributed by atoms with Crippen molar-refractivity contribution in [1.29, 1.82) is 0 Å². The summed E-state index contributed by atoms with van der Waals surface area (Å²) in [6.45, 7) is 1.45. The fourth-order valence-electron chi connectivity index (χ4n) is 1.74. The summed E-state index contributed by atoms with van der Waals surface area (Å²) >= 11 is 0. The largest absolute Gasteiger partial charge is 0.313 e. The third-order valence-corrected chi connectivity index (χ3v) is 2.68. The zero-order chi connectivity index (χ0) is 13.5. The van der Waals surface area contributed by atoms with Gasteiger partial charge < -0.3 is 5.32 Å². The van der Waals surface area contributed by atoms with Crippen LogP contribution in [0.15, 0.2) is 30.6 Å². The molecule has 7 nitrogen and oxygen atoms in total. The Morgan fingerprint density at radius 1 is 1.42 bits per heavy atom. The highest BCUT2D eigenvalue weighted by molar-refractivity contribution is 5.34. The van der Waals surface area contributed by atoms with Gasteiger partial charge in [0.25, 0.3) is 5.69 Å². The molecule has 2 aromatic rings. The summed E-state index contributed by atoms with van der Waals surface area (Å²) in [4.78, 5) is 14.3. The number of hydrogen-bond acceptors (Lipinski definition) is 5. The van der Waals surface area contributed by atoms with E-state index in [0.717, 1.165) is 30.8 Å². The number of aryl methyl sites for hydroxylation is 1. The van der Waals surface area contributed by atoms with Crippen molar-refractivity contribution in [1.82, 2.24) is 20.5 Å². The molecule has 0 spiro atoms. The first kappa shape index (κ1) is 13.2. The average Bonchev–Trinajstić information content (AvgIpc) is 2.92. The third-order valence-electron chi connectivity index (χ3n) is 2.68. The number of aromatic amines is 1. The van der Waals surface area contributed by atoms with Crippen LogP contribution in [0.5, 0.6) is 0 Å². The molecule has 0 aliphatic rings. The predicted octanol–water partition coefficient (Wildman–Crippen LogP) is 1.44. The number of benzene rings is 1. The number of nitrogens with zero attached hydrogens (tertiary/aromatic N) is 3. The number of nitrogens with one attached hydrogen (secondary N) is 2. The fraction of sp³-hybridized carbons (Fsp3) is 0.333. The van der Waals surface area contributed by atoms with E-state index in [9.17, 15) is 10.1 Å². The van der Waals surface area contributed by atoms with E-state index in [0.29, 0.717) is 6.54 Å². The van der Waals surface area contributed by atoms with E-state index in [1.165, 1.54) is 12.4 Å². The van der Waals surface area contributed by atoms with E-state index < -0.39 is 0 Å². The monoisotopic (exact) mass is 261 g/mol. The Labute approximate surface area is 110 Å². The molecule has 0 radical (unpaired) electrons. The number of hydrogen-bond donors (Lipinski definition) is 2. The second-order valence-corrected chi connectivity index (χ2v) is 4.14. The standard InChI is InChI=1S/C12H15N5O2/c18-17(19)11-4-1-3-10(7-11)8-13-6-2-5-12-14-9-15-16-12/h1,3-4,7,9,13H,2,5-6,8H2,(H,14,15,16). The van der Waals surface area contributed by atoms with Gasteiger partial charge in [-0.15, -0.1) is 0 Å². The Hall–Kier alpha value is -2.28. The molecule has 2 N–H and O–H groups in total. The van der Waals surface area contributed by atoms with Gasteiger partial charge in [0.05, 0.1) is 4.92 Å². The maximum atomic E-state index is 10.6. The average molecular weight is 261 g/mol. The van der Waals surface area contributed by atoms with Crippen LogP contribution < -0.4 is 5.32 Å². The predicted molar refractivity (Wildman–Crippen MR) is 69.5 cm³/mol. The molecular weight excluding hydrogens is 246 g/mol. The van der Waals surface area contributed by atoms with Gasteiger partial charge in [-0.05, 0) is 18.5 Å². The Kier molecular flexibility index (Phi) is 4.57. The molecule has 1 heterocycles. The maximum absolute atomic E-state index is 10.6. The number of nitro benzene ring substituents is 1. The summed E-state index contributed by atoms with van der Waals surface area (Å²) in [5, 5.41) is 20.5. The first-order chi connectivity index (χ1) is 9.25. The van der Waals surface area contributed by atoms with Crippen LogP contribution in [0.2, 0.25) is 0 Å². The summed E-state index contributed by atoms with van der Waals surface area (Å²) in [5.74, 6) is 0.872. The molecule has 1 aromatic carbocycles. The van der Waals surface area contributed by atoms with Crippen LogP contribution in [0.1, 0.15) is 17.8 Å². The molecule has 0 bridgehead atoms. The fourth-order valence-corrected chi connectivity index (χ4v) is 1.74. The molecule has 7 heteroatoms. The van der Waals surface area contributed by atoms with E-state index in [-0.39, 0.29) is 10.6 Å². The number of nitro groups is 1. The molecule has 19 heavy (non-hydrogen) atoms. The molecule has 0 aliphatic carbocycles. The van der Waals surface area contributed by atoms with Crippen molar-refractivity contribution >= 4 is 5.69 Å². The van der Waals surface area contributed by atoms with Gasteiger partial charge >= 0.3 is 0 Å². The second kappa shape index (κ2) is 6.60. The van der Waals surface area contributed by atoms with E-state index in [4.69, 9.17) is 0 Å². The van der Waals surface area contributed by atoms with Crippen molar-refractivity contribution in [2.24, 2.45) is 0 Å². The lowest BCUT2D eigenvalue weighted by Gasteiger charge is -2.04. The molecular formula is C12H15N5O2. The lowest BCUT2D eigenvalue weighted by molar-refractivity contribution is -0.384. The van der Waals surface area contributed by atoms with Crippen LogP contribution in [0.25, 0.3) is 0 Å². The van der Waals surface area contributed by atoms with Crippen LogP contribution >= 0.6 is 0 Å². The molecule has 0 aliphatic heterocycles. The van der Waals surface area contributed by atoms with E-state index in [1.807, 2.05) is 6.07 Å². The van der Waals surface area contributed by atoms with E-state index >= 15 is 0 Å². The zero-order valence-electron chi connectivity index (χ0n) is 10.4. The number of H-pyrrole nitrogens is 1. The van der Waals surface area contributed by atoms with Crippen molar-refractivity contribution in [3.63, 3.8) is 0 Å². The summed E-state index contributed by atoms with van der Waals surface area (Å²) < 4.78 is 0.